The Morgan fingerprint density at radius 3 is 2.50 bits per heavy atom. The third-order valence-electron chi connectivity index (χ3n) is 4.54. The molecule has 1 heterocycles. The number of nitrogens with two attached hydrogens (primary N) is 1. The number of carbonyl (C=O) groups excluding carboxylic acids is 1. The first-order valence-corrected chi connectivity index (χ1v) is 11.1. The molecule has 32 heavy (non-hydrogen) atoms. The standard InChI is InChI=1S/C23H20ClN5O2S/c24-17-10-12-18(13-11-17)31-14-21-27-28-23(29(21)25)32-15-22(30)26-20-9-5-4-8-19(20)16-6-2-1-3-7-16/h1-13H,14-15,25H2,(H,26,30). The third kappa shape index (κ3) is 5.40. The molecule has 9 heteroatoms. The van der Waals surface area contributed by atoms with Crippen molar-refractivity contribution >= 4 is 35.0 Å². The number of ether oxygens (including phenoxy) is 1. The van der Waals surface area contributed by atoms with Gasteiger partial charge in [0.1, 0.15) is 12.4 Å². The van der Waals surface area contributed by atoms with Gasteiger partial charge in [0.05, 0.1) is 5.75 Å². The molecule has 4 rings (SSSR count). The number of amides is 1. The number of hydrogen-bond donors (Lipinski definition) is 2. The van der Waals surface area contributed by atoms with E-state index in [9.17, 15) is 4.79 Å². The molecular formula is C23H20ClN5O2S. The number of benzene rings is 3. The van der Waals surface area contributed by atoms with E-state index < -0.39 is 0 Å². The number of para-hydroxylation sites is 1. The molecule has 0 atom stereocenters. The van der Waals surface area contributed by atoms with Gasteiger partial charge in [-0.25, -0.2) is 4.68 Å². The molecule has 0 fully saturated rings. The van der Waals surface area contributed by atoms with E-state index in [1.807, 2.05) is 54.6 Å². The summed E-state index contributed by atoms with van der Waals surface area (Å²) in [5, 5.41) is 12.1. The lowest BCUT2D eigenvalue weighted by molar-refractivity contribution is -0.113. The van der Waals surface area contributed by atoms with Crippen LogP contribution in [0.3, 0.4) is 0 Å². The highest BCUT2D eigenvalue weighted by Crippen LogP contribution is 2.28. The first-order valence-electron chi connectivity index (χ1n) is 9.75. The van der Waals surface area contributed by atoms with Crippen LogP contribution >= 0.6 is 23.4 Å². The van der Waals surface area contributed by atoms with E-state index in [4.69, 9.17) is 22.2 Å². The number of nitrogens with one attached hydrogen (secondary N) is 1. The summed E-state index contributed by atoms with van der Waals surface area (Å²) in [6.45, 7) is 0.141. The van der Waals surface area contributed by atoms with Crippen molar-refractivity contribution in [3.8, 4) is 16.9 Å². The van der Waals surface area contributed by atoms with Crippen molar-refractivity contribution in [3.05, 3.63) is 89.7 Å². The van der Waals surface area contributed by atoms with Crippen LogP contribution in [-0.4, -0.2) is 26.5 Å². The Labute approximate surface area is 194 Å². The molecule has 0 saturated carbocycles. The number of halogens is 1. The fourth-order valence-corrected chi connectivity index (χ4v) is 3.76. The van der Waals surface area contributed by atoms with Crippen LogP contribution in [0.4, 0.5) is 5.69 Å². The predicted molar refractivity (Wildman–Crippen MR) is 127 cm³/mol. The number of nitrogen functional groups attached to an aromatic ring is 1. The minimum absolute atomic E-state index is 0.135. The van der Waals surface area contributed by atoms with E-state index in [0.717, 1.165) is 16.8 Å². The molecule has 0 radical (unpaired) electrons. The topological polar surface area (TPSA) is 95.1 Å². The van der Waals surface area contributed by atoms with Crippen molar-refractivity contribution in [3.63, 3.8) is 0 Å². The van der Waals surface area contributed by atoms with Gasteiger partial charge in [0.2, 0.25) is 11.1 Å². The van der Waals surface area contributed by atoms with Crippen molar-refractivity contribution in [2.24, 2.45) is 0 Å². The molecule has 1 amide bonds. The fourth-order valence-electron chi connectivity index (χ4n) is 2.96. The Kier molecular flexibility index (Phi) is 6.94. The second-order valence-electron chi connectivity index (χ2n) is 6.76. The van der Waals surface area contributed by atoms with Gasteiger partial charge < -0.3 is 15.9 Å². The molecule has 0 aliphatic rings. The molecule has 7 nitrogen and oxygen atoms in total. The summed E-state index contributed by atoms with van der Waals surface area (Å²) in [5.41, 5.74) is 2.73. The molecule has 0 bridgehead atoms. The van der Waals surface area contributed by atoms with Crippen molar-refractivity contribution in [1.82, 2.24) is 14.9 Å². The summed E-state index contributed by atoms with van der Waals surface area (Å²) < 4.78 is 6.98. The van der Waals surface area contributed by atoms with Crippen LogP contribution in [0.5, 0.6) is 5.75 Å². The monoisotopic (exact) mass is 465 g/mol. The average molecular weight is 466 g/mol. The van der Waals surface area contributed by atoms with Crippen LogP contribution in [0, 0.1) is 0 Å². The Morgan fingerprint density at radius 2 is 1.72 bits per heavy atom. The van der Waals surface area contributed by atoms with Gasteiger partial charge in [-0.05, 0) is 35.9 Å². The molecule has 3 N–H and O–H groups in total. The number of rotatable bonds is 8. The van der Waals surface area contributed by atoms with Crippen molar-refractivity contribution in [2.45, 2.75) is 11.8 Å². The van der Waals surface area contributed by atoms with E-state index in [1.165, 1.54) is 16.4 Å². The van der Waals surface area contributed by atoms with Crippen LogP contribution in [0.15, 0.2) is 84.0 Å². The number of anilines is 1. The maximum Gasteiger partial charge on any atom is 0.234 e. The van der Waals surface area contributed by atoms with E-state index >= 15 is 0 Å². The van der Waals surface area contributed by atoms with Gasteiger partial charge in [-0.3, -0.25) is 4.79 Å². The van der Waals surface area contributed by atoms with E-state index in [-0.39, 0.29) is 18.3 Å². The van der Waals surface area contributed by atoms with Gasteiger partial charge in [-0.2, -0.15) is 0 Å². The summed E-state index contributed by atoms with van der Waals surface area (Å²) in [5.74, 6) is 7.12. The van der Waals surface area contributed by atoms with Gasteiger partial charge in [0.25, 0.3) is 0 Å². The minimum atomic E-state index is -0.166. The van der Waals surface area contributed by atoms with Gasteiger partial charge in [-0.15, -0.1) is 10.2 Å². The van der Waals surface area contributed by atoms with Gasteiger partial charge in [0.15, 0.2) is 5.82 Å². The molecule has 0 aliphatic carbocycles. The highest BCUT2D eigenvalue weighted by atomic mass is 35.5. The Bertz CT molecular complexity index is 1200. The number of thioether (sulfide) groups is 1. The fraction of sp³-hybridized carbons (Fsp3) is 0.0870. The van der Waals surface area contributed by atoms with Crippen LogP contribution in [0.2, 0.25) is 5.02 Å². The summed E-state index contributed by atoms with van der Waals surface area (Å²) in [4.78, 5) is 12.6. The predicted octanol–water partition coefficient (Wildman–Crippen LogP) is 4.62. The third-order valence-corrected chi connectivity index (χ3v) is 5.73. The first-order chi connectivity index (χ1) is 15.6. The van der Waals surface area contributed by atoms with Crippen LogP contribution in [0.25, 0.3) is 11.1 Å². The summed E-state index contributed by atoms with van der Waals surface area (Å²) in [7, 11) is 0. The first kappa shape index (κ1) is 21.7. The molecule has 162 valence electrons. The van der Waals surface area contributed by atoms with Gasteiger partial charge in [-0.1, -0.05) is 71.9 Å². The van der Waals surface area contributed by atoms with Gasteiger partial charge >= 0.3 is 0 Å². The summed E-state index contributed by atoms with van der Waals surface area (Å²) in [6, 6.07) is 24.6. The normalized spacial score (nSPS) is 10.7. The second kappa shape index (κ2) is 10.2. The average Bonchev–Trinajstić information content (AvgIpc) is 3.17. The SMILES string of the molecule is Nn1c(COc2ccc(Cl)cc2)nnc1SCC(=O)Nc1ccccc1-c1ccccc1. The number of hydrogen-bond acceptors (Lipinski definition) is 6. The molecular weight excluding hydrogens is 446 g/mol. The molecule has 1 aromatic heterocycles. The zero-order valence-corrected chi connectivity index (χ0v) is 18.5. The van der Waals surface area contributed by atoms with Crippen molar-refractivity contribution in [2.75, 3.05) is 16.9 Å². The van der Waals surface area contributed by atoms with Gasteiger partial charge in [0, 0.05) is 16.3 Å². The van der Waals surface area contributed by atoms with E-state index in [1.54, 1.807) is 24.3 Å². The maximum atomic E-state index is 12.6. The van der Waals surface area contributed by atoms with Crippen LogP contribution < -0.4 is 15.9 Å². The van der Waals surface area contributed by atoms with E-state index in [2.05, 4.69) is 15.5 Å². The maximum absolute atomic E-state index is 12.6. The lowest BCUT2D eigenvalue weighted by Crippen LogP contribution is -2.18. The summed E-state index contributed by atoms with van der Waals surface area (Å²) in [6.07, 6.45) is 0. The Morgan fingerprint density at radius 1 is 1.00 bits per heavy atom. The Hall–Kier alpha value is -3.49. The molecule has 3 aromatic carbocycles. The quantitative estimate of drug-likeness (QED) is 0.291. The van der Waals surface area contributed by atoms with Crippen molar-refractivity contribution in [1.29, 1.82) is 0 Å². The highest BCUT2D eigenvalue weighted by Gasteiger charge is 2.14. The molecule has 4 aromatic rings. The number of nitrogens with zero attached hydrogens (tertiary/aromatic N) is 3. The zero-order valence-electron chi connectivity index (χ0n) is 16.9. The molecule has 0 saturated heterocycles. The highest BCUT2D eigenvalue weighted by molar-refractivity contribution is 7.99. The summed E-state index contributed by atoms with van der Waals surface area (Å²) >= 11 is 7.07. The smallest absolute Gasteiger partial charge is 0.234 e. The lowest BCUT2D eigenvalue weighted by Gasteiger charge is -2.11. The largest absolute Gasteiger partial charge is 0.486 e. The van der Waals surface area contributed by atoms with Crippen LogP contribution in [-0.2, 0) is 11.4 Å². The number of carbonyl (C=O) groups is 1. The van der Waals surface area contributed by atoms with Crippen LogP contribution in [0.1, 0.15) is 5.82 Å². The number of aromatic nitrogens is 3. The Balaban J connectivity index is 1.35. The van der Waals surface area contributed by atoms with Crippen molar-refractivity contribution < 1.29 is 9.53 Å². The molecule has 0 spiro atoms. The minimum Gasteiger partial charge on any atom is -0.486 e. The molecule has 0 aliphatic heterocycles. The molecule has 0 unspecified atom stereocenters. The second-order valence-corrected chi connectivity index (χ2v) is 8.14. The van der Waals surface area contributed by atoms with E-state index in [0.29, 0.717) is 21.8 Å². The zero-order chi connectivity index (χ0) is 22.3. The lowest BCUT2D eigenvalue weighted by atomic mass is 10.0.